The highest BCUT2D eigenvalue weighted by molar-refractivity contribution is 7.80. The number of benzene rings is 1. The van der Waals surface area contributed by atoms with Gasteiger partial charge in [0.1, 0.15) is 0 Å². The van der Waals surface area contributed by atoms with E-state index in [0.717, 1.165) is 23.5 Å². The molecule has 0 bridgehead atoms. The van der Waals surface area contributed by atoms with Crippen LogP contribution in [0.5, 0.6) is 0 Å². The quantitative estimate of drug-likeness (QED) is 0.516. The lowest BCUT2D eigenvalue weighted by Gasteiger charge is -2.16. The van der Waals surface area contributed by atoms with Gasteiger partial charge in [-0.1, -0.05) is 12.1 Å². The van der Waals surface area contributed by atoms with Gasteiger partial charge in [0.05, 0.1) is 6.61 Å². The molecule has 0 N–H and O–H groups in total. The molecule has 5 heteroatoms. The number of thiol groups is 1. The Morgan fingerprint density at radius 3 is 2.71 bits per heavy atom. The van der Waals surface area contributed by atoms with Crippen LogP contribution in [0.4, 0.5) is 5.69 Å². The largest absolute Gasteiger partial charge is 0.463 e. The molecule has 1 unspecified atom stereocenters. The van der Waals surface area contributed by atoms with Gasteiger partial charge in [-0.3, -0.25) is 4.79 Å². The van der Waals surface area contributed by atoms with Crippen LogP contribution in [0.1, 0.15) is 18.9 Å². The highest BCUT2D eigenvalue weighted by Crippen LogP contribution is 2.26. The summed E-state index contributed by atoms with van der Waals surface area (Å²) in [5.41, 5.74) is 1.78. The van der Waals surface area contributed by atoms with Gasteiger partial charge in [0, 0.05) is 24.7 Å². The molecular weight excluding hydrogens is 286 g/mol. The van der Waals surface area contributed by atoms with Crippen LogP contribution in [0.3, 0.4) is 0 Å². The molecule has 1 aromatic rings. The smallest absolute Gasteiger partial charge is 0.330 e. The summed E-state index contributed by atoms with van der Waals surface area (Å²) in [4.78, 5) is 25.0. The molecule has 1 aromatic carbocycles. The molecule has 0 saturated carbocycles. The summed E-state index contributed by atoms with van der Waals surface area (Å²) in [5, 5.41) is 0. The second-order valence-electron chi connectivity index (χ2n) is 4.93. The molecule has 1 atom stereocenters. The molecule has 21 heavy (non-hydrogen) atoms. The van der Waals surface area contributed by atoms with Gasteiger partial charge in [0.15, 0.2) is 0 Å². The molecule has 0 spiro atoms. The first-order valence-electron chi connectivity index (χ1n) is 7.00. The minimum Gasteiger partial charge on any atom is -0.463 e. The fourth-order valence-electron chi connectivity index (χ4n) is 2.27. The van der Waals surface area contributed by atoms with Crippen molar-refractivity contribution in [2.75, 3.05) is 23.8 Å². The van der Waals surface area contributed by atoms with Crippen LogP contribution in [0.25, 0.3) is 6.08 Å². The van der Waals surface area contributed by atoms with E-state index in [9.17, 15) is 9.59 Å². The fourth-order valence-corrected chi connectivity index (χ4v) is 2.52. The second-order valence-corrected chi connectivity index (χ2v) is 5.30. The van der Waals surface area contributed by atoms with Gasteiger partial charge >= 0.3 is 5.97 Å². The van der Waals surface area contributed by atoms with Gasteiger partial charge in [0.2, 0.25) is 5.91 Å². The van der Waals surface area contributed by atoms with Gasteiger partial charge in [-0.15, -0.1) is 0 Å². The number of ether oxygens (including phenoxy) is 1. The van der Waals surface area contributed by atoms with Crippen LogP contribution in [0, 0.1) is 5.92 Å². The maximum atomic E-state index is 11.9. The minimum absolute atomic E-state index is 0.142. The third-order valence-corrected chi connectivity index (χ3v) is 3.88. The van der Waals surface area contributed by atoms with Crippen molar-refractivity contribution in [3.63, 3.8) is 0 Å². The van der Waals surface area contributed by atoms with Crippen molar-refractivity contribution in [1.29, 1.82) is 0 Å². The molecular formula is C16H19NO3S. The minimum atomic E-state index is -0.354. The van der Waals surface area contributed by atoms with E-state index in [2.05, 4.69) is 12.6 Å². The molecule has 1 amide bonds. The summed E-state index contributed by atoms with van der Waals surface area (Å²) in [6, 6.07) is 7.55. The van der Waals surface area contributed by atoms with Crippen molar-refractivity contribution < 1.29 is 14.3 Å². The number of esters is 1. The molecule has 0 aliphatic carbocycles. The van der Waals surface area contributed by atoms with Crippen molar-refractivity contribution in [2.24, 2.45) is 5.92 Å². The van der Waals surface area contributed by atoms with E-state index >= 15 is 0 Å². The number of carbonyl (C=O) groups excluding carboxylic acids is 2. The molecule has 0 aromatic heterocycles. The molecule has 1 aliphatic rings. The summed E-state index contributed by atoms with van der Waals surface area (Å²) in [5.74, 6) is 0.837. The van der Waals surface area contributed by atoms with E-state index in [-0.39, 0.29) is 11.9 Å². The number of amides is 1. The lowest BCUT2D eigenvalue weighted by Crippen LogP contribution is -2.24. The average molecular weight is 305 g/mol. The summed E-state index contributed by atoms with van der Waals surface area (Å²) >= 11 is 4.26. The van der Waals surface area contributed by atoms with Crippen molar-refractivity contribution in [1.82, 2.24) is 0 Å². The molecule has 112 valence electrons. The number of nitrogens with zero attached hydrogens (tertiary/aromatic N) is 1. The van der Waals surface area contributed by atoms with Gasteiger partial charge in [-0.2, -0.15) is 12.6 Å². The first-order valence-corrected chi connectivity index (χ1v) is 7.63. The van der Waals surface area contributed by atoms with Crippen LogP contribution < -0.4 is 4.90 Å². The van der Waals surface area contributed by atoms with E-state index < -0.39 is 0 Å². The fraction of sp³-hybridized carbons (Fsp3) is 0.375. The Hall–Kier alpha value is -1.75. The van der Waals surface area contributed by atoms with Crippen LogP contribution in [0.15, 0.2) is 30.3 Å². The van der Waals surface area contributed by atoms with Gasteiger partial charge in [-0.05, 0) is 42.4 Å². The summed E-state index contributed by atoms with van der Waals surface area (Å²) < 4.78 is 4.82. The van der Waals surface area contributed by atoms with E-state index in [4.69, 9.17) is 4.74 Å². The maximum Gasteiger partial charge on any atom is 0.330 e. The maximum absolute atomic E-state index is 11.9. The third-order valence-electron chi connectivity index (χ3n) is 3.37. The Kier molecular flexibility index (Phi) is 5.44. The van der Waals surface area contributed by atoms with E-state index in [0.29, 0.717) is 18.9 Å². The molecule has 1 aliphatic heterocycles. The van der Waals surface area contributed by atoms with Crippen LogP contribution in [-0.4, -0.2) is 30.8 Å². The number of hydrogen-bond donors (Lipinski definition) is 1. The van der Waals surface area contributed by atoms with Crippen molar-refractivity contribution in [2.45, 2.75) is 13.3 Å². The molecule has 1 saturated heterocycles. The van der Waals surface area contributed by atoms with E-state index in [1.165, 1.54) is 6.08 Å². The number of carbonyl (C=O) groups is 2. The Labute approximate surface area is 130 Å². The first-order chi connectivity index (χ1) is 10.1. The molecule has 1 fully saturated rings. The zero-order chi connectivity index (χ0) is 15.2. The van der Waals surface area contributed by atoms with Crippen molar-refractivity contribution in [3.8, 4) is 0 Å². The van der Waals surface area contributed by atoms with Crippen molar-refractivity contribution in [3.05, 3.63) is 35.9 Å². The molecule has 0 radical (unpaired) electrons. The second kappa shape index (κ2) is 7.31. The van der Waals surface area contributed by atoms with Crippen LogP contribution in [-0.2, 0) is 14.3 Å². The van der Waals surface area contributed by atoms with Gasteiger partial charge < -0.3 is 9.64 Å². The molecule has 4 nitrogen and oxygen atoms in total. The Bertz CT molecular complexity index is 539. The van der Waals surface area contributed by atoms with Crippen LogP contribution >= 0.6 is 12.6 Å². The zero-order valence-corrected chi connectivity index (χ0v) is 12.9. The summed E-state index contributed by atoms with van der Waals surface area (Å²) in [6.07, 6.45) is 3.66. The number of rotatable bonds is 5. The Morgan fingerprint density at radius 2 is 2.14 bits per heavy atom. The van der Waals surface area contributed by atoms with Gasteiger partial charge in [0.25, 0.3) is 0 Å². The first kappa shape index (κ1) is 15.6. The number of anilines is 1. The Balaban J connectivity index is 2.02. The van der Waals surface area contributed by atoms with Crippen LogP contribution in [0.2, 0.25) is 0 Å². The topological polar surface area (TPSA) is 46.6 Å². The monoisotopic (exact) mass is 305 g/mol. The third kappa shape index (κ3) is 4.11. The zero-order valence-electron chi connectivity index (χ0n) is 12.0. The molecule has 2 rings (SSSR count). The lowest BCUT2D eigenvalue weighted by molar-refractivity contribution is -0.137. The lowest BCUT2D eigenvalue weighted by atomic mass is 10.1. The van der Waals surface area contributed by atoms with E-state index in [1.807, 2.05) is 24.3 Å². The predicted octanol–water partition coefficient (Wildman–Crippen LogP) is 2.55. The van der Waals surface area contributed by atoms with Crippen molar-refractivity contribution >= 4 is 36.3 Å². The SMILES string of the molecule is CCOC(=O)/C=C/c1ccc(N2CC(CS)CC2=O)cc1. The predicted molar refractivity (Wildman–Crippen MR) is 86.4 cm³/mol. The molecule has 1 heterocycles. The van der Waals surface area contributed by atoms with E-state index in [1.54, 1.807) is 17.9 Å². The number of hydrogen-bond acceptors (Lipinski definition) is 4. The normalized spacial score (nSPS) is 18.5. The van der Waals surface area contributed by atoms with Gasteiger partial charge in [-0.25, -0.2) is 4.79 Å². The summed E-state index contributed by atoms with van der Waals surface area (Å²) in [7, 11) is 0. The summed E-state index contributed by atoms with van der Waals surface area (Å²) in [6.45, 7) is 2.86. The Morgan fingerprint density at radius 1 is 1.43 bits per heavy atom. The highest BCUT2D eigenvalue weighted by atomic mass is 32.1. The highest BCUT2D eigenvalue weighted by Gasteiger charge is 2.29. The average Bonchev–Trinajstić information content (AvgIpc) is 2.87. The standard InChI is InChI=1S/C16H19NO3S/c1-2-20-16(19)8-5-12-3-6-14(7-4-12)17-10-13(11-21)9-15(17)18/h3-8,13,21H,2,9-11H2,1H3/b8-5+.